The van der Waals surface area contributed by atoms with Gasteiger partial charge in [0.15, 0.2) is 0 Å². The number of benzene rings is 2. The number of nitrogens with zero attached hydrogens (tertiary/aromatic N) is 2. The highest BCUT2D eigenvalue weighted by atomic mass is 19.1. The molecule has 1 unspecified atom stereocenters. The Morgan fingerprint density at radius 1 is 1.10 bits per heavy atom. The number of anilines is 1. The average molecular weight is 532 g/mol. The lowest BCUT2D eigenvalue weighted by Gasteiger charge is -2.23. The van der Waals surface area contributed by atoms with Gasteiger partial charge in [0, 0.05) is 24.7 Å². The minimum absolute atomic E-state index is 0.106. The van der Waals surface area contributed by atoms with Crippen molar-refractivity contribution in [1.29, 1.82) is 0 Å². The first-order valence-corrected chi connectivity index (χ1v) is 13.8. The molecular weight excluding hydrogens is 497 g/mol. The Kier molecular flexibility index (Phi) is 7.21. The lowest BCUT2D eigenvalue weighted by atomic mass is 9.90. The van der Waals surface area contributed by atoms with Gasteiger partial charge in [0.2, 0.25) is 0 Å². The highest BCUT2D eigenvalue weighted by Gasteiger charge is 2.42. The van der Waals surface area contributed by atoms with Gasteiger partial charge in [0.05, 0.1) is 30.7 Å². The van der Waals surface area contributed by atoms with E-state index in [-0.39, 0.29) is 23.9 Å². The fourth-order valence-electron chi connectivity index (χ4n) is 6.14. The van der Waals surface area contributed by atoms with Crippen LogP contribution in [-0.4, -0.2) is 42.4 Å². The smallest absolute Gasteiger partial charge is 0.293 e. The van der Waals surface area contributed by atoms with E-state index in [1.165, 1.54) is 0 Å². The second kappa shape index (κ2) is 10.9. The number of fused-ring (bicyclic) bond motifs is 1. The molecule has 39 heavy (non-hydrogen) atoms. The maximum atomic E-state index is 15.2. The Bertz CT molecular complexity index is 1330. The summed E-state index contributed by atoms with van der Waals surface area (Å²) in [6.45, 7) is 7.02. The van der Waals surface area contributed by atoms with Crippen LogP contribution >= 0.6 is 0 Å². The van der Waals surface area contributed by atoms with Crippen molar-refractivity contribution in [2.24, 2.45) is 5.92 Å². The monoisotopic (exact) mass is 531 g/mol. The number of aryl methyl sites for hydroxylation is 2. The molecule has 3 atom stereocenters. The summed E-state index contributed by atoms with van der Waals surface area (Å²) in [4.78, 5) is 19.6. The molecule has 204 valence electrons. The van der Waals surface area contributed by atoms with E-state index in [1.807, 2.05) is 6.07 Å². The highest BCUT2D eigenvalue weighted by Crippen LogP contribution is 2.44. The van der Waals surface area contributed by atoms with Crippen LogP contribution in [0, 0.1) is 25.6 Å². The van der Waals surface area contributed by atoms with Gasteiger partial charge >= 0.3 is 0 Å². The number of hydrogen-bond donors (Lipinski definition) is 1. The quantitative estimate of drug-likeness (QED) is 0.348. The second-order valence-electron chi connectivity index (χ2n) is 11.0. The SMILES string of the molecule is Cc1cc(OCC2CCOCC2)cc(C)c1-c1ccc(F)c2c1CC[C@H]2Nc1cnc(C2C[C@@H]2OC=O)cn1. The van der Waals surface area contributed by atoms with Crippen molar-refractivity contribution in [2.75, 3.05) is 25.1 Å². The van der Waals surface area contributed by atoms with Gasteiger partial charge in [-0.2, -0.15) is 0 Å². The molecule has 1 aromatic heterocycles. The number of carbonyl (C=O) groups is 1. The summed E-state index contributed by atoms with van der Waals surface area (Å²) in [6.07, 6.45) is 7.69. The molecule has 0 spiro atoms. The van der Waals surface area contributed by atoms with Crippen molar-refractivity contribution in [2.45, 2.75) is 64.0 Å². The Morgan fingerprint density at radius 3 is 2.62 bits per heavy atom. The van der Waals surface area contributed by atoms with E-state index in [2.05, 4.69) is 41.3 Å². The first-order chi connectivity index (χ1) is 19.0. The minimum Gasteiger partial charge on any atom is -0.493 e. The summed E-state index contributed by atoms with van der Waals surface area (Å²) in [6, 6.07) is 7.51. The number of nitrogens with one attached hydrogen (secondary N) is 1. The van der Waals surface area contributed by atoms with Crippen LogP contribution in [0.25, 0.3) is 11.1 Å². The normalized spacial score (nSPS) is 22.3. The first-order valence-electron chi connectivity index (χ1n) is 13.8. The van der Waals surface area contributed by atoms with Crippen LogP contribution in [-0.2, 0) is 20.7 Å². The molecule has 6 rings (SSSR count). The molecule has 0 radical (unpaired) electrons. The van der Waals surface area contributed by atoms with Gasteiger partial charge in [0.25, 0.3) is 6.47 Å². The topological polar surface area (TPSA) is 82.6 Å². The predicted octanol–water partition coefficient (Wildman–Crippen LogP) is 5.83. The van der Waals surface area contributed by atoms with Crippen LogP contribution in [0.5, 0.6) is 5.75 Å². The summed E-state index contributed by atoms with van der Waals surface area (Å²) < 4.78 is 31.9. The first kappa shape index (κ1) is 25.7. The largest absolute Gasteiger partial charge is 0.493 e. The van der Waals surface area contributed by atoms with Gasteiger partial charge in [-0.05, 0) is 97.9 Å². The molecule has 2 aliphatic carbocycles. The third kappa shape index (κ3) is 5.35. The van der Waals surface area contributed by atoms with Crippen molar-refractivity contribution in [3.8, 4) is 16.9 Å². The summed E-state index contributed by atoms with van der Waals surface area (Å²) in [5.41, 5.74) is 7.04. The summed E-state index contributed by atoms with van der Waals surface area (Å²) in [5, 5.41) is 3.40. The van der Waals surface area contributed by atoms with Crippen molar-refractivity contribution >= 4 is 12.3 Å². The van der Waals surface area contributed by atoms with E-state index in [4.69, 9.17) is 14.2 Å². The van der Waals surface area contributed by atoms with Crippen LogP contribution in [0.1, 0.15) is 65.6 Å². The van der Waals surface area contributed by atoms with Crippen LogP contribution < -0.4 is 10.1 Å². The zero-order valence-electron chi connectivity index (χ0n) is 22.4. The molecule has 7 nitrogen and oxygen atoms in total. The molecule has 1 saturated heterocycles. The fourth-order valence-corrected chi connectivity index (χ4v) is 6.14. The lowest BCUT2D eigenvalue weighted by molar-refractivity contribution is -0.129. The molecule has 1 aliphatic heterocycles. The zero-order valence-corrected chi connectivity index (χ0v) is 22.4. The standard InChI is InChI=1S/C31H34FN3O4/c1-18-11-21(38-16-20-7-9-37-10-8-20)12-19(2)30(18)22-3-5-25(32)31-23(22)4-6-26(31)35-29-15-33-27(14-34-29)24-13-28(24)39-17-36/h3,5,11-12,14-15,17,20,24,26,28H,4,6-10,13,16H2,1-2H3,(H,34,35)/t24?,26-,28+/m1/s1. The van der Waals surface area contributed by atoms with Crippen LogP contribution in [0.15, 0.2) is 36.7 Å². The van der Waals surface area contributed by atoms with Crippen LogP contribution in [0.2, 0.25) is 0 Å². The fraction of sp³-hybridized carbons (Fsp3) is 0.452. The Labute approximate surface area is 228 Å². The maximum absolute atomic E-state index is 15.2. The predicted molar refractivity (Wildman–Crippen MR) is 145 cm³/mol. The number of halogens is 1. The second-order valence-corrected chi connectivity index (χ2v) is 11.0. The molecule has 0 bridgehead atoms. The van der Waals surface area contributed by atoms with Crippen molar-refractivity contribution < 1.29 is 23.4 Å². The molecule has 3 aliphatic rings. The third-order valence-corrected chi connectivity index (χ3v) is 8.27. The Balaban J connectivity index is 1.19. The van der Waals surface area contributed by atoms with Crippen molar-refractivity contribution in [3.05, 3.63) is 70.4 Å². The number of rotatable bonds is 9. The molecule has 3 aromatic rings. The molecule has 1 saturated carbocycles. The van der Waals surface area contributed by atoms with Gasteiger partial charge in [-0.3, -0.25) is 9.78 Å². The van der Waals surface area contributed by atoms with Crippen LogP contribution in [0.3, 0.4) is 0 Å². The minimum atomic E-state index is -0.202. The lowest BCUT2D eigenvalue weighted by Crippen LogP contribution is -2.21. The van der Waals surface area contributed by atoms with E-state index in [1.54, 1.807) is 18.5 Å². The maximum Gasteiger partial charge on any atom is 0.293 e. The van der Waals surface area contributed by atoms with Gasteiger partial charge in [-0.25, -0.2) is 9.37 Å². The molecule has 2 heterocycles. The van der Waals surface area contributed by atoms with Crippen LogP contribution in [0.4, 0.5) is 10.2 Å². The third-order valence-electron chi connectivity index (χ3n) is 8.27. The van der Waals surface area contributed by atoms with E-state index in [9.17, 15) is 4.79 Å². The van der Waals surface area contributed by atoms with E-state index >= 15 is 4.39 Å². The van der Waals surface area contributed by atoms with E-state index < -0.39 is 0 Å². The summed E-state index contributed by atoms with van der Waals surface area (Å²) in [7, 11) is 0. The zero-order chi connectivity index (χ0) is 26.9. The van der Waals surface area contributed by atoms with Gasteiger partial charge < -0.3 is 19.5 Å². The number of aromatic nitrogens is 2. The Hall–Kier alpha value is -3.52. The molecule has 2 fully saturated rings. The van der Waals surface area contributed by atoms with Gasteiger partial charge in [-0.1, -0.05) is 6.07 Å². The molecular formula is C31H34FN3O4. The van der Waals surface area contributed by atoms with Crippen molar-refractivity contribution in [1.82, 2.24) is 9.97 Å². The van der Waals surface area contributed by atoms with Crippen molar-refractivity contribution in [3.63, 3.8) is 0 Å². The average Bonchev–Trinajstić information content (AvgIpc) is 3.58. The van der Waals surface area contributed by atoms with Gasteiger partial charge in [0.1, 0.15) is 23.5 Å². The van der Waals surface area contributed by atoms with Gasteiger partial charge in [-0.15, -0.1) is 0 Å². The van der Waals surface area contributed by atoms with E-state index in [0.717, 1.165) is 84.6 Å². The molecule has 0 amide bonds. The number of ether oxygens (including phenoxy) is 3. The number of hydrogen-bond acceptors (Lipinski definition) is 7. The molecule has 2 aromatic carbocycles. The Morgan fingerprint density at radius 2 is 1.90 bits per heavy atom. The highest BCUT2D eigenvalue weighted by molar-refractivity contribution is 5.77. The van der Waals surface area contributed by atoms with E-state index in [0.29, 0.717) is 30.4 Å². The summed E-state index contributed by atoms with van der Waals surface area (Å²) >= 11 is 0. The summed E-state index contributed by atoms with van der Waals surface area (Å²) in [5.74, 6) is 1.93. The number of carbonyl (C=O) groups excluding carboxylic acids is 1. The molecule has 8 heteroatoms. The molecule has 1 N–H and O–H groups in total.